The predicted molar refractivity (Wildman–Crippen MR) is 138 cm³/mol. The Balaban J connectivity index is 1.80. The van der Waals surface area contributed by atoms with Crippen molar-refractivity contribution in [3.8, 4) is 17.0 Å². The molecule has 0 bridgehead atoms. The van der Waals surface area contributed by atoms with Gasteiger partial charge in [-0.2, -0.15) is 15.0 Å². The van der Waals surface area contributed by atoms with Gasteiger partial charge < -0.3 is 25.6 Å². The maximum atomic E-state index is 15.0. The van der Waals surface area contributed by atoms with Crippen molar-refractivity contribution in [1.29, 1.82) is 0 Å². The second-order valence-corrected chi connectivity index (χ2v) is 8.31. The highest BCUT2D eigenvalue weighted by atomic mass is 19.1. The van der Waals surface area contributed by atoms with Gasteiger partial charge in [0, 0.05) is 63.2 Å². The summed E-state index contributed by atoms with van der Waals surface area (Å²) in [4.78, 5) is 32.3. The van der Waals surface area contributed by atoms with E-state index >= 15 is 0 Å². The molecule has 0 atom stereocenters. The molecule has 0 unspecified atom stereocenters. The Bertz CT molecular complexity index is 1620. The number of nitrogens with zero attached hydrogens (tertiary/aromatic N) is 7. The van der Waals surface area contributed by atoms with Crippen LogP contribution in [-0.2, 0) is 14.1 Å². The molecule has 2 amide bonds. The monoisotopic (exact) mass is 525 g/mol. The van der Waals surface area contributed by atoms with Gasteiger partial charge in [0.25, 0.3) is 11.8 Å². The maximum Gasteiger partial charge on any atom is 0.271 e. The van der Waals surface area contributed by atoms with Gasteiger partial charge in [-0.05, 0) is 12.1 Å². The number of rotatable bonds is 8. The van der Waals surface area contributed by atoms with Gasteiger partial charge >= 0.3 is 0 Å². The van der Waals surface area contributed by atoms with Crippen LogP contribution in [0.25, 0.3) is 11.3 Å². The van der Waals surface area contributed by atoms with Crippen molar-refractivity contribution in [2.24, 2.45) is 14.1 Å². The minimum atomic E-state index is -2.77. The smallest absolute Gasteiger partial charge is 0.271 e. The number of anilines is 4. The second-order valence-electron chi connectivity index (χ2n) is 8.31. The van der Waals surface area contributed by atoms with E-state index in [1.54, 1.807) is 28.2 Å². The number of hydrogen-bond donors (Lipinski definition) is 3. The maximum absolute atomic E-state index is 15.0. The Labute approximate surface area is 221 Å². The summed E-state index contributed by atoms with van der Waals surface area (Å²) in [6.45, 7) is -2.77. The first kappa shape index (κ1) is 22.2. The summed E-state index contributed by atoms with van der Waals surface area (Å²) in [5.41, 5.74) is 0.778. The fourth-order valence-corrected chi connectivity index (χ4v) is 3.68. The molecule has 1 aromatic carbocycles. The first-order valence-electron chi connectivity index (χ1n) is 12.6. The van der Waals surface area contributed by atoms with Crippen LogP contribution in [-0.4, -0.2) is 74.7 Å². The topological polar surface area (TPSA) is 144 Å². The van der Waals surface area contributed by atoms with Crippen LogP contribution in [0.4, 0.5) is 27.4 Å². The van der Waals surface area contributed by atoms with E-state index < -0.39 is 18.7 Å². The fourth-order valence-electron chi connectivity index (χ4n) is 3.68. The Morgan fingerprint density at radius 2 is 1.84 bits per heavy atom. The summed E-state index contributed by atoms with van der Waals surface area (Å²) in [5, 5.41) is 20.3. The normalized spacial score (nSPS) is 12.2. The van der Waals surface area contributed by atoms with Crippen molar-refractivity contribution in [3.63, 3.8) is 0 Å². The van der Waals surface area contributed by atoms with Crippen LogP contribution in [0, 0.1) is 5.82 Å². The van der Waals surface area contributed by atoms with Gasteiger partial charge in [-0.25, -0.2) is 9.37 Å². The molecule has 4 rings (SSSR count). The zero-order chi connectivity index (χ0) is 30.1. The molecule has 0 fully saturated rings. The van der Waals surface area contributed by atoms with Crippen LogP contribution in [0.3, 0.4) is 0 Å². The third-order valence-corrected chi connectivity index (χ3v) is 5.43. The molecule has 3 heterocycles. The predicted octanol–water partition coefficient (Wildman–Crippen LogP) is 2.31. The number of hydrogen-bond acceptors (Lipinski definition) is 9. The van der Waals surface area contributed by atoms with Gasteiger partial charge in [-0.15, -0.1) is 5.10 Å². The number of methoxy groups -OCH3 is 1. The minimum absolute atomic E-state index is 0.0764. The lowest BCUT2D eigenvalue weighted by atomic mass is 10.1. The molecule has 0 aliphatic rings. The average molecular weight is 526 g/mol. The molecule has 0 saturated heterocycles. The van der Waals surface area contributed by atoms with Crippen molar-refractivity contribution < 1.29 is 22.8 Å². The number of halogens is 1. The Kier molecular flexibility index (Phi) is 6.16. The molecule has 38 heavy (non-hydrogen) atoms. The van der Waals surface area contributed by atoms with E-state index in [1.165, 1.54) is 45.9 Å². The Morgan fingerprint density at radius 3 is 2.50 bits per heavy atom. The lowest BCUT2D eigenvalue weighted by Gasteiger charge is -2.17. The molecule has 0 aliphatic heterocycles. The zero-order valence-electron chi connectivity index (χ0n) is 24.2. The number of aryl methyl sites for hydroxylation is 2. The fraction of sp³-hybridized carbons (Fsp3) is 0.250. The largest absolute Gasteiger partial charge is 0.494 e. The Morgan fingerprint density at radius 1 is 1.05 bits per heavy atom. The van der Waals surface area contributed by atoms with Gasteiger partial charge in [0.05, 0.1) is 35.9 Å². The van der Waals surface area contributed by atoms with E-state index in [4.69, 9.17) is 8.85 Å². The first-order chi connectivity index (χ1) is 19.3. The molecular weight excluding hydrogens is 495 g/mol. The number of benzene rings is 1. The van der Waals surface area contributed by atoms with E-state index in [0.29, 0.717) is 5.82 Å². The van der Waals surface area contributed by atoms with E-state index in [-0.39, 0.29) is 51.4 Å². The standard InChI is InChI=1S/C24H27FN10O3/c1-26-23(36)15-11-27-20(30-21-12-28-35(5)32-21)10-16(15)29-18-8-13(25)7-14(22(18)38-6)17-9-19(34(4)31-17)24(37)33(2)3/h7-12H,1-6H3,(H,26,36)(H2,27,29,30,32)/i1D3. The third kappa shape index (κ3) is 5.23. The van der Waals surface area contributed by atoms with Crippen LogP contribution >= 0.6 is 0 Å². The van der Waals surface area contributed by atoms with Gasteiger partial charge in [0.15, 0.2) is 11.6 Å². The summed E-state index contributed by atoms with van der Waals surface area (Å²) in [6, 6.07) is 5.26. The molecule has 13 nitrogen and oxygen atoms in total. The third-order valence-electron chi connectivity index (χ3n) is 5.43. The van der Waals surface area contributed by atoms with Crippen LogP contribution in [0.2, 0.25) is 0 Å². The van der Waals surface area contributed by atoms with Crippen molar-refractivity contribution in [2.45, 2.75) is 0 Å². The van der Waals surface area contributed by atoms with E-state index in [1.807, 2.05) is 5.32 Å². The highest BCUT2D eigenvalue weighted by molar-refractivity contribution is 6.01. The number of ether oxygens (including phenoxy) is 1. The molecule has 4 aromatic rings. The average Bonchev–Trinajstić information content (AvgIpc) is 3.46. The van der Waals surface area contributed by atoms with Gasteiger partial charge in [-0.3, -0.25) is 14.3 Å². The minimum Gasteiger partial charge on any atom is -0.494 e. The molecule has 0 spiro atoms. The summed E-state index contributed by atoms with van der Waals surface area (Å²) in [6.07, 6.45) is 2.61. The first-order valence-corrected chi connectivity index (χ1v) is 11.1. The van der Waals surface area contributed by atoms with Crippen LogP contribution in [0.5, 0.6) is 5.75 Å². The van der Waals surface area contributed by atoms with Gasteiger partial charge in [0.1, 0.15) is 17.3 Å². The van der Waals surface area contributed by atoms with Crippen molar-refractivity contribution in [3.05, 3.63) is 53.7 Å². The summed E-state index contributed by atoms with van der Waals surface area (Å²) >= 11 is 0. The molecule has 0 radical (unpaired) electrons. The van der Waals surface area contributed by atoms with E-state index in [9.17, 15) is 14.0 Å². The second kappa shape index (κ2) is 10.5. The van der Waals surface area contributed by atoms with Crippen molar-refractivity contribution in [2.75, 3.05) is 38.8 Å². The lowest BCUT2D eigenvalue weighted by molar-refractivity contribution is 0.0816. The molecule has 14 heteroatoms. The number of pyridine rings is 1. The van der Waals surface area contributed by atoms with E-state index in [2.05, 4.69) is 30.9 Å². The van der Waals surface area contributed by atoms with Crippen LogP contribution in [0.15, 0.2) is 36.7 Å². The summed E-state index contributed by atoms with van der Waals surface area (Å²) in [7, 11) is 7.78. The summed E-state index contributed by atoms with van der Waals surface area (Å²) in [5.74, 6) is -1.19. The van der Waals surface area contributed by atoms with Crippen molar-refractivity contribution in [1.82, 2.24) is 40.0 Å². The lowest BCUT2D eigenvalue weighted by Crippen LogP contribution is -2.24. The van der Waals surface area contributed by atoms with Crippen molar-refractivity contribution >= 4 is 34.8 Å². The Hall–Kier alpha value is -5.01. The molecule has 198 valence electrons. The summed E-state index contributed by atoms with van der Waals surface area (Å²) < 4.78 is 44.2. The zero-order valence-corrected chi connectivity index (χ0v) is 21.2. The van der Waals surface area contributed by atoms with Crippen LogP contribution < -0.4 is 20.7 Å². The molecule has 0 aliphatic carbocycles. The number of nitrogens with one attached hydrogen (secondary N) is 3. The number of amides is 2. The molecular formula is C24H27FN10O3. The number of aromatic nitrogens is 6. The number of carbonyl (C=O) groups excluding carboxylic acids is 2. The van der Waals surface area contributed by atoms with E-state index in [0.717, 1.165) is 12.3 Å². The van der Waals surface area contributed by atoms with Crippen LogP contribution in [0.1, 0.15) is 25.0 Å². The molecule has 3 N–H and O–H groups in total. The quantitative estimate of drug-likeness (QED) is 0.316. The number of carbonyl (C=O) groups is 2. The SMILES string of the molecule is [2H]C([2H])([2H])NC(=O)c1cnc(Nc2cnn(C)n2)cc1Nc1cc(F)cc(-c2cc(C(=O)N(C)C)n(C)n2)c1OC. The molecule has 3 aromatic heterocycles. The van der Waals surface area contributed by atoms with Gasteiger partial charge in [-0.1, -0.05) is 0 Å². The van der Waals surface area contributed by atoms with Gasteiger partial charge in [0.2, 0.25) is 0 Å². The molecule has 0 saturated carbocycles. The highest BCUT2D eigenvalue weighted by Crippen LogP contribution is 2.39. The highest BCUT2D eigenvalue weighted by Gasteiger charge is 2.22.